The molecule has 0 aliphatic heterocycles. The summed E-state index contributed by atoms with van der Waals surface area (Å²) in [6.07, 6.45) is 0. The molecule has 1 heterocycles. The highest BCUT2D eigenvalue weighted by molar-refractivity contribution is 5.88. The van der Waals surface area contributed by atoms with E-state index in [-0.39, 0.29) is 0 Å². The molecular formula is C25H18N2. The standard InChI is InChI=1S/C25H18N2/c1-3-10-19(11-4-1)23-24(20-12-5-2-6-13-20)27-25(26-23)22-16-15-18-9-7-8-14-21(18)17-22/h1-17H,(H,26,27). The van der Waals surface area contributed by atoms with Crippen molar-refractivity contribution in [2.75, 3.05) is 0 Å². The van der Waals surface area contributed by atoms with Crippen LogP contribution < -0.4 is 0 Å². The van der Waals surface area contributed by atoms with Crippen molar-refractivity contribution in [3.63, 3.8) is 0 Å². The van der Waals surface area contributed by atoms with Crippen molar-refractivity contribution >= 4 is 10.8 Å². The van der Waals surface area contributed by atoms with Crippen molar-refractivity contribution < 1.29 is 0 Å². The molecule has 0 aliphatic rings. The molecule has 0 saturated carbocycles. The first-order chi connectivity index (χ1) is 13.4. The third kappa shape index (κ3) is 2.91. The number of H-pyrrole nitrogens is 1. The first-order valence-electron chi connectivity index (χ1n) is 9.08. The van der Waals surface area contributed by atoms with Gasteiger partial charge in [-0.2, -0.15) is 0 Å². The van der Waals surface area contributed by atoms with E-state index in [9.17, 15) is 0 Å². The second-order valence-electron chi connectivity index (χ2n) is 6.60. The van der Waals surface area contributed by atoms with Gasteiger partial charge < -0.3 is 4.98 Å². The van der Waals surface area contributed by atoms with E-state index in [1.807, 2.05) is 12.1 Å². The van der Waals surface area contributed by atoms with Crippen LogP contribution in [0.5, 0.6) is 0 Å². The Hall–Kier alpha value is -3.65. The summed E-state index contributed by atoms with van der Waals surface area (Å²) in [5, 5.41) is 2.45. The minimum absolute atomic E-state index is 0.887. The average molecular weight is 346 g/mol. The molecule has 0 radical (unpaired) electrons. The summed E-state index contributed by atoms with van der Waals surface area (Å²) >= 11 is 0. The molecule has 0 atom stereocenters. The van der Waals surface area contributed by atoms with Crippen LogP contribution in [0.1, 0.15) is 0 Å². The van der Waals surface area contributed by atoms with E-state index in [0.29, 0.717) is 0 Å². The van der Waals surface area contributed by atoms with Crippen LogP contribution in [0.2, 0.25) is 0 Å². The van der Waals surface area contributed by atoms with Gasteiger partial charge in [-0.1, -0.05) is 97.1 Å². The molecule has 5 rings (SSSR count). The number of hydrogen-bond acceptors (Lipinski definition) is 1. The quantitative estimate of drug-likeness (QED) is 0.393. The largest absolute Gasteiger partial charge is 0.337 e. The summed E-state index contributed by atoms with van der Waals surface area (Å²) in [5.74, 6) is 0.887. The molecule has 0 fully saturated rings. The van der Waals surface area contributed by atoms with Crippen molar-refractivity contribution in [3.05, 3.63) is 103 Å². The van der Waals surface area contributed by atoms with Crippen LogP contribution in [0.4, 0.5) is 0 Å². The van der Waals surface area contributed by atoms with Gasteiger partial charge in [-0.05, 0) is 16.8 Å². The topological polar surface area (TPSA) is 28.7 Å². The molecule has 1 aromatic heterocycles. The minimum Gasteiger partial charge on any atom is -0.337 e. The van der Waals surface area contributed by atoms with Crippen molar-refractivity contribution in [2.24, 2.45) is 0 Å². The van der Waals surface area contributed by atoms with Crippen LogP contribution in [-0.2, 0) is 0 Å². The minimum atomic E-state index is 0.887. The Morgan fingerprint density at radius 1 is 0.519 bits per heavy atom. The normalized spacial score (nSPS) is 11.0. The Morgan fingerprint density at radius 2 is 1.15 bits per heavy atom. The Balaban J connectivity index is 1.70. The monoisotopic (exact) mass is 346 g/mol. The van der Waals surface area contributed by atoms with Crippen LogP contribution in [0, 0.1) is 0 Å². The van der Waals surface area contributed by atoms with E-state index in [1.54, 1.807) is 0 Å². The van der Waals surface area contributed by atoms with Crippen LogP contribution >= 0.6 is 0 Å². The molecule has 0 unspecified atom stereocenters. The van der Waals surface area contributed by atoms with E-state index >= 15 is 0 Å². The van der Waals surface area contributed by atoms with Gasteiger partial charge in [0.15, 0.2) is 0 Å². The fraction of sp³-hybridized carbons (Fsp3) is 0. The third-order valence-electron chi connectivity index (χ3n) is 4.84. The van der Waals surface area contributed by atoms with Gasteiger partial charge >= 0.3 is 0 Å². The second-order valence-corrected chi connectivity index (χ2v) is 6.60. The second kappa shape index (κ2) is 6.58. The van der Waals surface area contributed by atoms with E-state index in [4.69, 9.17) is 4.98 Å². The van der Waals surface area contributed by atoms with Crippen LogP contribution in [-0.4, -0.2) is 9.97 Å². The number of fused-ring (bicyclic) bond motifs is 1. The van der Waals surface area contributed by atoms with Gasteiger partial charge in [-0.15, -0.1) is 0 Å². The van der Waals surface area contributed by atoms with Gasteiger partial charge in [0.1, 0.15) is 5.82 Å². The number of nitrogens with zero attached hydrogens (tertiary/aromatic N) is 1. The van der Waals surface area contributed by atoms with Crippen molar-refractivity contribution in [1.82, 2.24) is 9.97 Å². The highest BCUT2D eigenvalue weighted by Gasteiger charge is 2.15. The van der Waals surface area contributed by atoms with Crippen molar-refractivity contribution in [3.8, 4) is 33.9 Å². The lowest BCUT2D eigenvalue weighted by Crippen LogP contribution is -1.82. The van der Waals surface area contributed by atoms with Gasteiger partial charge in [-0.25, -0.2) is 4.98 Å². The SMILES string of the molecule is c1ccc(-c2nc(-c3ccc4ccccc4c3)[nH]c2-c2ccccc2)cc1. The number of aromatic amines is 1. The highest BCUT2D eigenvalue weighted by atomic mass is 14.9. The van der Waals surface area contributed by atoms with E-state index in [1.165, 1.54) is 10.8 Å². The van der Waals surface area contributed by atoms with Gasteiger partial charge in [0, 0.05) is 16.7 Å². The zero-order valence-corrected chi connectivity index (χ0v) is 14.8. The summed E-state index contributed by atoms with van der Waals surface area (Å²) in [6.45, 7) is 0. The molecule has 0 amide bonds. The molecule has 2 nitrogen and oxygen atoms in total. The number of imidazole rings is 1. The zero-order valence-electron chi connectivity index (χ0n) is 14.8. The fourth-order valence-electron chi connectivity index (χ4n) is 3.47. The van der Waals surface area contributed by atoms with Crippen molar-refractivity contribution in [2.45, 2.75) is 0 Å². The number of benzene rings is 4. The lowest BCUT2D eigenvalue weighted by atomic mass is 10.1. The Morgan fingerprint density at radius 3 is 1.89 bits per heavy atom. The van der Waals surface area contributed by atoms with Gasteiger partial charge in [0.25, 0.3) is 0 Å². The Kier molecular flexibility index (Phi) is 3.80. The summed E-state index contributed by atoms with van der Waals surface area (Å²) in [4.78, 5) is 8.54. The molecule has 1 N–H and O–H groups in total. The lowest BCUT2D eigenvalue weighted by Gasteiger charge is -2.02. The number of nitrogens with one attached hydrogen (secondary N) is 1. The predicted molar refractivity (Wildman–Crippen MR) is 112 cm³/mol. The number of rotatable bonds is 3. The number of hydrogen-bond donors (Lipinski definition) is 1. The van der Waals surface area contributed by atoms with Crippen LogP contribution in [0.25, 0.3) is 44.7 Å². The summed E-state index contributed by atoms with van der Waals surface area (Å²) < 4.78 is 0. The molecule has 27 heavy (non-hydrogen) atoms. The molecule has 0 bridgehead atoms. The lowest BCUT2D eigenvalue weighted by molar-refractivity contribution is 1.31. The summed E-state index contributed by atoms with van der Waals surface area (Å²) in [5.41, 5.74) is 5.36. The summed E-state index contributed by atoms with van der Waals surface area (Å²) in [7, 11) is 0. The average Bonchev–Trinajstić information content (AvgIpc) is 3.20. The summed E-state index contributed by atoms with van der Waals surface area (Å²) in [6, 6.07) is 35.6. The van der Waals surface area contributed by atoms with E-state index in [0.717, 1.165) is 33.9 Å². The van der Waals surface area contributed by atoms with Gasteiger partial charge in [0.2, 0.25) is 0 Å². The first kappa shape index (κ1) is 15.6. The van der Waals surface area contributed by atoms with Gasteiger partial charge in [0.05, 0.1) is 11.4 Å². The molecule has 0 saturated heterocycles. The van der Waals surface area contributed by atoms with Crippen LogP contribution in [0.15, 0.2) is 103 Å². The zero-order chi connectivity index (χ0) is 18.1. The van der Waals surface area contributed by atoms with Crippen LogP contribution in [0.3, 0.4) is 0 Å². The van der Waals surface area contributed by atoms with E-state index in [2.05, 4.69) is 96.0 Å². The first-order valence-corrected chi connectivity index (χ1v) is 9.08. The van der Waals surface area contributed by atoms with E-state index < -0.39 is 0 Å². The van der Waals surface area contributed by atoms with Gasteiger partial charge in [-0.3, -0.25) is 0 Å². The molecule has 0 spiro atoms. The molecule has 4 aromatic carbocycles. The molecular weight excluding hydrogens is 328 g/mol. The Bertz CT molecular complexity index is 1150. The fourth-order valence-corrected chi connectivity index (χ4v) is 3.47. The molecule has 0 aliphatic carbocycles. The third-order valence-corrected chi connectivity index (χ3v) is 4.84. The maximum Gasteiger partial charge on any atom is 0.138 e. The number of aromatic nitrogens is 2. The predicted octanol–water partition coefficient (Wildman–Crippen LogP) is 6.56. The maximum atomic E-state index is 4.98. The molecule has 5 aromatic rings. The highest BCUT2D eigenvalue weighted by Crippen LogP contribution is 2.33. The molecule has 2 heteroatoms. The van der Waals surface area contributed by atoms with Crippen molar-refractivity contribution in [1.29, 1.82) is 0 Å². The maximum absolute atomic E-state index is 4.98. The smallest absolute Gasteiger partial charge is 0.138 e. The Labute approximate surface area is 158 Å². The molecule has 128 valence electrons.